The Morgan fingerprint density at radius 3 is 2.73 bits per heavy atom. The lowest BCUT2D eigenvalue weighted by Gasteiger charge is -2.12. The van der Waals surface area contributed by atoms with Gasteiger partial charge in [-0.25, -0.2) is 9.07 Å². The van der Waals surface area contributed by atoms with Crippen LogP contribution in [-0.2, 0) is 13.0 Å². The first kappa shape index (κ1) is 21.8. The largest absolute Gasteiger partial charge is 0.361 e. The summed E-state index contributed by atoms with van der Waals surface area (Å²) in [5.41, 5.74) is 4.20. The monoisotopic (exact) mass is 518 g/mol. The number of guanidine groups is 1. The van der Waals surface area contributed by atoms with Crippen molar-refractivity contribution in [1.82, 2.24) is 25.4 Å². The first-order chi connectivity index (χ1) is 14.2. The molecule has 4 aromatic rings. The smallest absolute Gasteiger partial charge is 0.191 e. The number of hydrogen-bond donors (Lipinski definition) is 3. The molecule has 0 radical (unpaired) electrons. The molecule has 8 heteroatoms. The maximum atomic E-state index is 13.5. The van der Waals surface area contributed by atoms with Crippen molar-refractivity contribution < 1.29 is 4.39 Å². The number of aromatic nitrogens is 3. The Balaban J connectivity index is 0.00000256. The average molecular weight is 518 g/mol. The second-order valence-electron chi connectivity index (χ2n) is 6.72. The van der Waals surface area contributed by atoms with Gasteiger partial charge in [0.25, 0.3) is 0 Å². The van der Waals surface area contributed by atoms with E-state index in [4.69, 9.17) is 0 Å². The Morgan fingerprint density at radius 1 is 1.17 bits per heavy atom. The Morgan fingerprint density at radius 2 is 2.00 bits per heavy atom. The summed E-state index contributed by atoms with van der Waals surface area (Å²) in [5.74, 6) is 0.509. The van der Waals surface area contributed by atoms with Gasteiger partial charge < -0.3 is 15.6 Å². The van der Waals surface area contributed by atoms with Crippen molar-refractivity contribution in [1.29, 1.82) is 0 Å². The van der Waals surface area contributed by atoms with E-state index in [9.17, 15) is 4.39 Å². The van der Waals surface area contributed by atoms with E-state index in [1.165, 1.54) is 6.07 Å². The maximum absolute atomic E-state index is 13.5. The molecule has 156 valence electrons. The first-order valence-corrected chi connectivity index (χ1v) is 9.52. The lowest BCUT2D eigenvalue weighted by Crippen LogP contribution is -2.37. The van der Waals surface area contributed by atoms with E-state index in [0.29, 0.717) is 13.1 Å². The Kier molecular flexibility index (Phi) is 7.45. The van der Waals surface area contributed by atoms with Crippen LogP contribution in [0.3, 0.4) is 0 Å². The molecular formula is C22H24FIN6. The number of rotatable bonds is 6. The highest BCUT2D eigenvalue weighted by atomic mass is 127. The maximum Gasteiger partial charge on any atom is 0.191 e. The summed E-state index contributed by atoms with van der Waals surface area (Å²) < 4.78 is 15.3. The lowest BCUT2D eigenvalue weighted by atomic mass is 10.1. The van der Waals surface area contributed by atoms with Crippen LogP contribution in [0.5, 0.6) is 0 Å². The van der Waals surface area contributed by atoms with Crippen molar-refractivity contribution in [2.24, 2.45) is 4.99 Å². The van der Waals surface area contributed by atoms with Crippen molar-refractivity contribution in [2.75, 3.05) is 13.6 Å². The van der Waals surface area contributed by atoms with Crippen LogP contribution in [0, 0.1) is 5.82 Å². The topological polar surface area (TPSA) is 70.0 Å². The minimum Gasteiger partial charge on any atom is -0.361 e. The minimum absolute atomic E-state index is 0. The van der Waals surface area contributed by atoms with E-state index in [1.54, 1.807) is 25.4 Å². The van der Waals surface area contributed by atoms with E-state index >= 15 is 0 Å². The van der Waals surface area contributed by atoms with E-state index in [2.05, 4.69) is 37.8 Å². The molecule has 0 aliphatic carbocycles. The molecule has 4 rings (SSSR count). The van der Waals surface area contributed by atoms with Gasteiger partial charge in [-0.05, 0) is 53.9 Å². The predicted molar refractivity (Wildman–Crippen MR) is 129 cm³/mol. The van der Waals surface area contributed by atoms with Gasteiger partial charge in [0.2, 0.25) is 0 Å². The highest BCUT2D eigenvalue weighted by Gasteiger charge is 2.06. The number of nitrogens with zero attached hydrogens (tertiary/aromatic N) is 3. The molecule has 0 amide bonds. The second-order valence-corrected chi connectivity index (χ2v) is 6.72. The number of halogens is 2. The molecule has 0 bridgehead atoms. The zero-order valence-electron chi connectivity index (χ0n) is 16.6. The van der Waals surface area contributed by atoms with Crippen molar-refractivity contribution >= 4 is 40.8 Å². The molecule has 0 saturated heterocycles. The van der Waals surface area contributed by atoms with E-state index in [-0.39, 0.29) is 29.8 Å². The van der Waals surface area contributed by atoms with E-state index in [1.807, 2.05) is 35.3 Å². The van der Waals surface area contributed by atoms with Crippen molar-refractivity contribution in [3.8, 4) is 5.69 Å². The third-order valence-corrected chi connectivity index (χ3v) is 4.81. The van der Waals surface area contributed by atoms with Crippen LogP contribution in [0.15, 0.2) is 72.1 Å². The zero-order valence-corrected chi connectivity index (χ0v) is 18.9. The molecule has 2 heterocycles. The number of benzene rings is 2. The Labute approximate surface area is 191 Å². The molecule has 2 aromatic carbocycles. The molecule has 0 fully saturated rings. The molecule has 6 nitrogen and oxygen atoms in total. The van der Waals surface area contributed by atoms with Crippen LogP contribution in [0.1, 0.15) is 11.1 Å². The number of fused-ring (bicyclic) bond motifs is 1. The minimum atomic E-state index is -0.220. The van der Waals surface area contributed by atoms with E-state index < -0.39 is 0 Å². The van der Waals surface area contributed by atoms with Crippen molar-refractivity contribution in [2.45, 2.75) is 13.0 Å². The van der Waals surface area contributed by atoms with Crippen LogP contribution in [0.25, 0.3) is 16.6 Å². The fourth-order valence-corrected chi connectivity index (χ4v) is 3.27. The molecule has 0 aliphatic rings. The fourth-order valence-electron chi connectivity index (χ4n) is 3.27. The van der Waals surface area contributed by atoms with Gasteiger partial charge in [0.1, 0.15) is 5.82 Å². The van der Waals surface area contributed by atoms with Gasteiger partial charge in [-0.3, -0.25) is 4.99 Å². The van der Waals surface area contributed by atoms with Crippen LogP contribution >= 0.6 is 24.0 Å². The highest BCUT2D eigenvalue weighted by molar-refractivity contribution is 14.0. The first-order valence-electron chi connectivity index (χ1n) is 9.52. The van der Waals surface area contributed by atoms with Crippen molar-refractivity contribution in [3.63, 3.8) is 0 Å². The molecular weight excluding hydrogens is 494 g/mol. The van der Waals surface area contributed by atoms with Gasteiger partial charge in [-0.2, -0.15) is 5.10 Å². The van der Waals surface area contributed by atoms with Crippen LogP contribution in [0.2, 0.25) is 0 Å². The van der Waals surface area contributed by atoms with Crippen molar-refractivity contribution in [3.05, 3.63) is 84.1 Å². The molecule has 3 N–H and O–H groups in total. The Bertz CT molecular complexity index is 1100. The molecule has 0 atom stereocenters. The second kappa shape index (κ2) is 10.2. The molecule has 0 aliphatic heterocycles. The summed E-state index contributed by atoms with van der Waals surface area (Å²) in [5, 5.41) is 11.8. The van der Waals surface area contributed by atoms with Gasteiger partial charge in [-0.1, -0.05) is 12.1 Å². The number of H-pyrrole nitrogens is 1. The predicted octanol–water partition coefficient (Wildman–Crippen LogP) is 4.02. The average Bonchev–Trinajstić information content (AvgIpc) is 3.41. The summed E-state index contributed by atoms with van der Waals surface area (Å²) in [7, 11) is 1.75. The van der Waals surface area contributed by atoms with Gasteiger partial charge in [-0.15, -0.1) is 24.0 Å². The lowest BCUT2D eigenvalue weighted by molar-refractivity contribution is 0.629. The Hall–Kier alpha value is -2.88. The molecule has 0 spiro atoms. The van der Waals surface area contributed by atoms with Gasteiger partial charge in [0.15, 0.2) is 5.96 Å². The SMILES string of the molecule is CN=C(NCCc1c[nH]c2ccc(F)cc12)NCc1ccc(-n2cccn2)cc1.I. The summed E-state index contributed by atoms with van der Waals surface area (Å²) >= 11 is 0. The molecule has 2 aromatic heterocycles. The molecule has 0 unspecified atom stereocenters. The fraction of sp³-hybridized carbons (Fsp3) is 0.182. The number of aromatic amines is 1. The van der Waals surface area contributed by atoms with Crippen LogP contribution in [-0.4, -0.2) is 34.3 Å². The standard InChI is InChI=1S/C22H23FN6.HI/c1-24-22(25-11-9-17-15-26-21-8-5-18(23)13-20(17)21)27-14-16-3-6-19(7-4-16)29-12-2-10-28-29;/h2-8,10,12-13,15,26H,9,11,14H2,1H3,(H2,24,25,27);1H. The highest BCUT2D eigenvalue weighted by Crippen LogP contribution is 2.19. The summed E-state index contributed by atoms with van der Waals surface area (Å²) in [6.07, 6.45) is 6.38. The van der Waals surface area contributed by atoms with Crippen LogP contribution < -0.4 is 10.6 Å². The summed E-state index contributed by atoms with van der Waals surface area (Å²) in [6.45, 7) is 1.36. The third-order valence-electron chi connectivity index (χ3n) is 4.81. The molecule has 0 saturated carbocycles. The van der Waals surface area contributed by atoms with Gasteiger partial charge in [0.05, 0.1) is 5.69 Å². The van der Waals surface area contributed by atoms with E-state index in [0.717, 1.165) is 40.1 Å². The summed E-state index contributed by atoms with van der Waals surface area (Å²) in [4.78, 5) is 7.45. The quantitative estimate of drug-likeness (QED) is 0.205. The summed E-state index contributed by atoms with van der Waals surface area (Å²) in [6, 6.07) is 14.9. The number of hydrogen-bond acceptors (Lipinski definition) is 2. The zero-order chi connectivity index (χ0) is 20.1. The van der Waals surface area contributed by atoms with Gasteiger partial charge >= 0.3 is 0 Å². The number of aliphatic imine (C=N–C) groups is 1. The van der Waals surface area contributed by atoms with Gasteiger partial charge in [0, 0.05) is 49.6 Å². The normalized spacial score (nSPS) is 11.3. The molecule has 30 heavy (non-hydrogen) atoms. The number of nitrogens with one attached hydrogen (secondary N) is 3. The van der Waals surface area contributed by atoms with Crippen LogP contribution in [0.4, 0.5) is 4.39 Å². The third kappa shape index (κ3) is 5.18.